The Hall–Kier alpha value is -3.10. The molecule has 1 aliphatic rings. The predicted octanol–water partition coefficient (Wildman–Crippen LogP) is 3.67. The number of aliphatic imine (C=N–C) groups is 1. The number of rotatable bonds is 6. The number of nitrogens with one attached hydrogen (secondary N) is 2. The van der Waals surface area contributed by atoms with Crippen LogP contribution < -0.4 is 25.0 Å². The van der Waals surface area contributed by atoms with E-state index in [1.54, 1.807) is 27.3 Å². The van der Waals surface area contributed by atoms with Crippen LogP contribution >= 0.6 is 0 Å². The normalized spacial score (nSPS) is 16.9. The van der Waals surface area contributed by atoms with E-state index < -0.39 is 11.7 Å². The number of alkyl halides is 3. The van der Waals surface area contributed by atoms with Crippen LogP contribution in [0, 0.1) is 0 Å². The minimum absolute atomic E-state index is 0.143. The van der Waals surface area contributed by atoms with E-state index >= 15 is 0 Å². The van der Waals surface area contributed by atoms with Crippen LogP contribution in [0.3, 0.4) is 0 Å². The molecule has 31 heavy (non-hydrogen) atoms. The molecule has 1 unspecified atom stereocenters. The molecule has 0 spiro atoms. The van der Waals surface area contributed by atoms with Crippen molar-refractivity contribution in [3.63, 3.8) is 0 Å². The molecule has 0 aliphatic carbocycles. The molecule has 1 fully saturated rings. The number of ether oxygens (including phenoxy) is 2. The van der Waals surface area contributed by atoms with Crippen LogP contribution in [0.15, 0.2) is 47.5 Å². The Kier molecular flexibility index (Phi) is 7.14. The van der Waals surface area contributed by atoms with Crippen LogP contribution in [-0.4, -0.2) is 46.4 Å². The maximum absolute atomic E-state index is 12.9. The molecule has 0 amide bonds. The zero-order valence-electron chi connectivity index (χ0n) is 17.8. The van der Waals surface area contributed by atoms with Crippen molar-refractivity contribution < 1.29 is 22.6 Å². The van der Waals surface area contributed by atoms with Crippen molar-refractivity contribution in [1.82, 2.24) is 10.6 Å². The van der Waals surface area contributed by atoms with E-state index in [0.29, 0.717) is 11.5 Å². The minimum atomic E-state index is -4.36. The summed E-state index contributed by atoms with van der Waals surface area (Å²) < 4.78 is 49.4. The Morgan fingerprint density at radius 2 is 1.84 bits per heavy atom. The molecule has 0 saturated carbocycles. The number of methoxy groups -OCH3 is 2. The van der Waals surface area contributed by atoms with Crippen LogP contribution in [0.4, 0.5) is 18.9 Å². The van der Waals surface area contributed by atoms with Crippen molar-refractivity contribution >= 4 is 11.6 Å². The van der Waals surface area contributed by atoms with E-state index in [1.807, 2.05) is 18.2 Å². The van der Waals surface area contributed by atoms with Gasteiger partial charge in [0.1, 0.15) is 11.5 Å². The molecule has 6 nitrogen and oxygen atoms in total. The third-order valence-corrected chi connectivity index (χ3v) is 5.17. The smallest absolute Gasteiger partial charge is 0.416 e. The van der Waals surface area contributed by atoms with Gasteiger partial charge in [0, 0.05) is 56.6 Å². The van der Waals surface area contributed by atoms with Gasteiger partial charge in [0.05, 0.1) is 19.8 Å². The molecule has 9 heteroatoms. The van der Waals surface area contributed by atoms with Gasteiger partial charge in [0.15, 0.2) is 5.96 Å². The average Bonchev–Trinajstić information content (AvgIpc) is 3.24. The molecular weight excluding hydrogens is 409 g/mol. The fourth-order valence-electron chi connectivity index (χ4n) is 3.52. The number of hydrogen-bond acceptors (Lipinski definition) is 4. The number of halogens is 3. The third kappa shape index (κ3) is 5.96. The Morgan fingerprint density at radius 1 is 1.13 bits per heavy atom. The van der Waals surface area contributed by atoms with E-state index in [-0.39, 0.29) is 12.6 Å². The van der Waals surface area contributed by atoms with Crippen molar-refractivity contribution in [2.75, 3.05) is 39.3 Å². The molecule has 1 saturated heterocycles. The first-order valence-corrected chi connectivity index (χ1v) is 9.93. The fraction of sp³-hybridized carbons (Fsp3) is 0.409. The van der Waals surface area contributed by atoms with Gasteiger partial charge in [-0.1, -0.05) is 12.1 Å². The highest BCUT2D eigenvalue weighted by Gasteiger charge is 2.30. The summed E-state index contributed by atoms with van der Waals surface area (Å²) in [4.78, 5) is 6.43. The fourth-order valence-corrected chi connectivity index (χ4v) is 3.52. The number of benzene rings is 2. The van der Waals surface area contributed by atoms with Crippen molar-refractivity contribution in [3.8, 4) is 11.5 Å². The average molecular weight is 436 g/mol. The van der Waals surface area contributed by atoms with Gasteiger partial charge in [-0.15, -0.1) is 0 Å². The molecule has 0 aromatic heterocycles. The van der Waals surface area contributed by atoms with Crippen LogP contribution in [0.25, 0.3) is 0 Å². The zero-order chi connectivity index (χ0) is 22.4. The van der Waals surface area contributed by atoms with Crippen LogP contribution in [-0.2, 0) is 12.7 Å². The molecule has 0 radical (unpaired) electrons. The van der Waals surface area contributed by atoms with Crippen molar-refractivity contribution in [2.45, 2.75) is 25.2 Å². The Labute approximate surface area is 180 Å². The molecule has 1 aliphatic heterocycles. The minimum Gasteiger partial charge on any atom is -0.497 e. The van der Waals surface area contributed by atoms with Crippen LogP contribution in [0.1, 0.15) is 17.5 Å². The van der Waals surface area contributed by atoms with E-state index in [0.717, 1.165) is 48.8 Å². The lowest BCUT2D eigenvalue weighted by molar-refractivity contribution is -0.137. The van der Waals surface area contributed by atoms with E-state index in [9.17, 15) is 13.2 Å². The second-order valence-corrected chi connectivity index (χ2v) is 7.27. The first kappa shape index (κ1) is 22.6. The van der Waals surface area contributed by atoms with Gasteiger partial charge in [-0.3, -0.25) is 4.99 Å². The van der Waals surface area contributed by atoms with Crippen molar-refractivity contribution in [3.05, 3.63) is 53.6 Å². The third-order valence-electron chi connectivity index (χ3n) is 5.17. The first-order chi connectivity index (χ1) is 14.8. The quantitative estimate of drug-likeness (QED) is 0.535. The highest BCUT2D eigenvalue weighted by Crippen LogP contribution is 2.31. The maximum atomic E-state index is 12.9. The van der Waals surface area contributed by atoms with Gasteiger partial charge in [-0.2, -0.15) is 13.2 Å². The molecule has 168 valence electrons. The summed E-state index contributed by atoms with van der Waals surface area (Å²) in [5.41, 5.74) is 0.886. The summed E-state index contributed by atoms with van der Waals surface area (Å²) in [6.07, 6.45) is -3.46. The lowest BCUT2D eigenvalue weighted by Gasteiger charge is -2.21. The van der Waals surface area contributed by atoms with E-state index in [4.69, 9.17) is 9.47 Å². The lowest BCUT2D eigenvalue weighted by atomic mass is 10.1. The highest BCUT2D eigenvalue weighted by atomic mass is 19.4. The second kappa shape index (κ2) is 9.80. The van der Waals surface area contributed by atoms with Crippen molar-refractivity contribution in [2.24, 2.45) is 4.99 Å². The maximum Gasteiger partial charge on any atom is 0.416 e. The summed E-state index contributed by atoms with van der Waals surface area (Å²) in [5.74, 6) is 2.00. The van der Waals surface area contributed by atoms with Gasteiger partial charge < -0.3 is 25.0 Å². The Morgan fingerprint density at radius 3 is 2.45 bits per heavy atom. The summed E-state index contributed by atoms with van der Waals surface area (Å²) in [6, 6.07) is 11.2. The summed E-state index contributed by atoms with van der Waals surface area (Å²) in [6.45, 7) is 1.84. The summed E-state index contributed by atoms with van der Waals surface area (Å²) in [5, 5.41) is 6.45. The number of nitrogens with zero attached hydrogens (tertiary/aromatic N) is 2. The molecule has 0 bridgehead atoms. The first-order valence-electron chi connectivity index (χ1n) is 9.93. The Balaban J connectivity index is 1.58. The largest absolute Gasteiger partial charge is 0.497 e. The molecule has 2 aromatic carbocycles. The number of anilines is 1. The van der Waals surface area contributed by atoms with Gasteiger partial charge in [0.25, 0.3) is 0 Å². The SMILES string of the molecule is CN=C(NCc1cccc(C(F)(F)F)c1)NC1CCN(c2cc(OC)cc(OC)c2)C1. The Bertz CT molecular complexity index is 896. The standard InChI is InChI=1S/C22H27F3N4O2/c1-26-21(27-13-15-5-4-6-16(9-15)22(23,24)25)28-17-7-8-29(14-17)18-10-19(30-2)12-20(11-18)31-3/h4-6,9-12,17H,7-8,13-14H2,1-3H3,(H2,26,27,28). The predicted molar refractivity (Wildman–Crippen MR) is 115 cm³/mol. The second-order valence-electron chi connectivity index (χ2n) is 7.27. The molecule has 2 N–H and O–H groups in total. The van der Waals surface area contributed by atoms with E-state index in [1.165, 1.54) is 6.07 Å². The van der Waals surface area contributed by atoms with Gasteiger partial charge in [-0.05, 0) is 24.1 Å². The van der Waals surface area contributed by atoms with E-state index in [2.05, 4.69) is 20.5 Å². The molecular formula is C22H27F3N4O2. The summed E-state index contributed by atoms with van der Waals surface area (Å²) in [7, 11) is 4.88. The van der Waals surface area contributed by atoms with Gasteiger partial charge in [0.2, 0.25) is 0 Å². The van der Waals surface area contributed by atoms with Crippen LogP contribution in [0.2, 0.25) is 0 Å². The molecule has 2 aromatic rings. The van der Waals surface area contributed by atoms with Crippen molar-refractivity contribution in [1.29, 1.82) is 0 Å². The monoisotopic (exact) mass is 436 g/mol. The number of guanidine groups is 1. The summed E-state index contributed by atoms with van der Waals surface area (Å²) >= 11 is 0. The topological polar surface area (TPSA) is 58.1 Å². The van der Waals surface area contributed by atoms with Gasteiger partial charge >= 0.3 is 6.18 Å². The molecule has 3 rings (SSSR count). The molecule has 1 atom stereocenters. The lowest BCUT2D eigenvalue weighted by Crippen LogP contribution is -2.44. The number of hydrogen-bond donors (Lipinski definition) is 2. The van der Waals surface area contributed by atoms with Gasteiger partial charge in [-0.25, -0.2) is 0 Å². The zero-order valence-corrected chi connectivity index (χ0v) is 17.8. The molecule has 1 heterocycles. The highest BCUT2D eigenvalue weighted by molar-refractivity contribution is 5.80. The van der Waals surface area contributed by atoms with Crippen LogP contribution in [0.5, 0.6) is 11.5 Å².